The molecule has 1 aromatic carbocycles. The fourth-order valence-corrected chi connectivity index (χ4v) is 2.51. The molecule has 0 saturated carbocycles. The minimum atomic E-state index is -0.508. The predicted octanol–water partition coefficient (Wildman–Crippen LogP) is 3.74. The van der Waals surface area contributed by atoms with E-state index in [9.17, 15) is 5.11 Å². The Morgan fingerprint density at radius 2 is 2.00 bits per heavy atom. The molecule has 2 nitrogen and oxygen atoms in total. The summed E-state index contributed by atoms with van der Waals surface area (Å²) in [6.45, 7) is 4.03. The molecule has 0 spiro atoms. The first kappa shape index (κ1) is 13.2. The second-order valence-corrected chi connectivity index (χ2v) is 5.40. The lowest BCUT2D eigenvalue weighted by molar-refractivity contribution is 0.176. The Bertz CT molecular complexity index is 554. The van der Waals surface area contributed by atoms with E-state index >= 15 is 0 Å². The Kier molecular flexibility index (Phi) is 4.15. The normalized spacial score (nSPS) is 12.4. The molecule has 2 aromatic rings. The van der Waals surface area contributed by atoms with Crippen molar-refractivity contribution in [1.29, 1.82) is 0 Å². The smallest absolute Gasteiger partial charge is 0.0848 e. The molecule has 94 valence electrons. The Labute approximate surface area is 116 Å². The maximum absolute atomic E-state index is 10.3. The molecule has 1 atom stereocenters. The Hall–Kier alpha value is -1.19. The molecule has 1 N–H and O–H groups in total. The summed E-state index contributed by atoms with van der Waals surface area (Å²) in [6.07, 6.45) is 1.81. The summed E-state index contributed by atoms with van der Waals surface area (Å²) in [5.41, 5.74) is 4.12. The molecule has 2 rings (SSSR count). The number of benzene rings is 1. The topological polar surface area (TPSA) is 33.1 Å². The monoisotopic (exact) mass is 305 g/mol. The van der Waals surface area contributed by atoms with Crippen LogP contribution in [0.3, 0.4) is 0 Å². The van der Waals surface area contributed by atoms with Gasteiger partial charge >= 0.3 is 0 Å². The average Bonchev–Trinajstić information content (AvgIpc) is 2.32. The number of aryl methyl sites for hydroxylation is 2. The van der Waals surface area contributed by atoms with Crippen molar-refractivity contribution in [3.05, 3.63) is 63.4 Å². The van der Waals surface area contributed by atoms with Crippen LogP contribution in [0, 0.1) is 13.8 Å². The van der Waals surface area contributed by atoms with Crippen LogP contribution in [-0.4, -0.2) is 10.1 Å². The largest absolute Gasteiger partial charge is 0.388 e. The van der Waals surface area contributed by atoms with Gasteiger partial charge in [0, 0.05) is 22.8 Å². The van der Waals surface area contributed by atoms with E-state index in [1.165, 1.54) is 0 Å². The number of halogens is 1. The maximum Gasteiger partial charge on any atom is 0.0848 e. The fraction of sp³-hybridized carbons (Fsp3) is 0.267. The molecule has 0 aliphatic carbocycles. The third-order valence-corrected chi connectivity index (χ3v) is 3.59. The molecule has 1 unspecified atom stereocenters. The highest BCUT2D eigenvalue weighted by Crippen LogP contribution is 2.24. The number of nitrogens with zero attached hydrogens (tertiary/aromatic N) is 1. The lowest BCUT2D eigenvalue weighted by Gasteiger charge is -2.14. The number of aliphatic hydroxyl groups is 1. The van der Waals surface area contributed by atoms with Crippen molar-refractivity contribution in [2.24, 2.45) is 0 Å². The van der Waals surface area contributed by atoms with Gasteiger partial charge in [-0.05, 0) is 48.7 Å². The van der Waals surface area contributed by atoms with Crippen LogP contribution in [0.2, 0.25) is 0 Å². The molecular formula is C15H16BrNO. The summed E-state index contributed by atoms with van der Waals surface area (Å²) in [5, 5.41) is 10.3. The SMILES string of the molecule is Cc1cc(Br)ccc1C(O)Cc1ncccc1C. The number of aliphatic hydroxyl groups excluding tert-OH is 1. The van der Waals surface area contributed by atoms with E-state index in [0.29, 0.717) is 6.42 Å². The molecule has 0 radical (unpaired) electrons. The zero-order valence-corrected chi connectivity index (χ0v) is 12.1. The summed E-state index contributed by atoms with van der Waals surface area (Å²) in [7, 11) is 0. The highest BCUT2D eigenvalue weighted by atomic mass is 79.9. The molecule has 0 aliphatic heterocycles. The molecule has 1 heterocycles. The Balaban J connectivity index is 2.22. The first-order chi connectivity index (χ1) is 8.58. The van der Waals surface area contributed by atoms with Crippen molar-refractivity contribution >= 4 is 15.9 Å². The first-order valence-corrected chi connectivity index (χ1v) is 6.72. The van der Waals surface area contributed by atoms with E-state index < -0.39 is 6.10 Å². The van der Waals surface area contributed by atoms with Gasteiger partial charge in [0.1, 0.15) is 0 Å². The van der Waals surface area contributed by atoms with Crippen LogP contribution in [0.15, 0.2) is 41.0 Å². The lowest BCUT2D eigenvalue weighted by Crippen LogP contribution is -2.06. The van der Waals surface area contributed by atoms with Gasteiger partial charge in [-0.1, -0.05) is 28.1 Å². The highest BCUT2D eigenvalue weighted by molar-refractivity contribution is 9.10. The number of pyridine rings is 1. The van der Waals surface area contributed by atoms with Crippen molar-refractivity contribution in [2.45, 2.75) is 26.4 Å². The minimum Gasteiger partial charge on any atom is -0.388 e. The van der Waals surface area contributed by atoms with Crippen molar-refractivity contribution in [2.75, 3.05) is 0 Å². The van der Waals surface area contributed by atoms with Gasteiger partial charge in [0.05, 0.1) is 6.10 Å². The van der Waals surface area contributed by atoms with E-state index in [0.717, 1.165) is 26.9 Å². The van der Waals surface area contributed by atoms with E-state index in [1.807, 2.05) is 44.2 Å². The van der Waals surface area contributed by atoms with E-state index in [2.05, 4.69) is 20.9 Å². The second-order valence-electron chi connectivity index (χ2n) is 4.49. The Morgan fingerprint density at radius 3 is 2.67 bits per heavy atom. The van der Waals surface area contributed by atoms with Gasteiger partial charge in [0.25, 0.3) is 0 Å². The van der Waals surface area contributed by atoms with Gasteiger partial charge < -0.3 is 5.11 Å². The number of rotatable bonds is 3. The van der Waals surface area contributed by atoms with Crippen molar-refractivity contribution in [1.82, 2.24) is 4.98 Å². The van der Waals surface area contributed by atoms with E-state index in [4.69, 9.17) is 0 Å². The van der Waals surface area contributed by atoms with Crippen LogP contribution in [0.4, 0.5) is 0 Å². The average molecular weight is 306 g/mol. The van der Waals surface area contributed by atoms with Crippen molar-refractivity contribution in [3.8, 4) is 0 Å². The molecule has 0 bridgehead atoms. The van der Waals surface area contributed by atoms with Crippen LogP contribution >= 0.6 is 15.9 Å². The third-order valence-electron chi connectivity index (χ3n) is 3.10. The summed E-state index contributed by atoms with van der Waals surface area (Å²) in [6, 6.07) is 9.86. The van der Waals surface area contributed by atoms with Gasteiger partial charge in [-0.3, -0.25) is 4.98 Å². The van der Waals surface area contributed by atoms with Crippen LogP contribution in [0.5, 0.6) is 0 Å². The lowest BCUT2D eigenvalue weighted by atomic mass is 9.98. The van der Waals surface area contributed by atoms with Gasteiger partial charge in [-0.15, -0.1) is 0 Å². The highest BCUT2D eigenvalue weighted by Gasteiger charge is 2.13. The van der Waals surface area contributed by atoms with E-state index in [-0.39, 0.29) is 0 Å². The minimum absolute atomic E-state index is 0.508. The predicted molar refractivity (Wildman–Crippen MR) is 76.5 cm³/mol. The number of hydrogen-bond donors (Lipinski definition) is 1. The molecule has 0 fully saturated rings. The zero-order chi connectivity index (χ0) is 13.1. The summed E-state index contributed by atoms with van der Waals surface area (Å²) in [4.78, 5) is 4.32. The van der Waals surface area contributed by atoms with Crippen LogP contribution < -0.4 is 0 Å². The first-order valence-electron chi connectivity index (χ1n) is 5.92. The number of aromatic nitrogens is 1. The van der Waals surface area contributed by atoms with Gasteiger partial charge in [0.2, 0.25) is 0 Å². The second kappa shape index (κ2) is 5.63. The van der Waals surface area contributed by atoms with Crippen molar-refractivity contribution in [3.63, 3.8) is 0 Å². The molecule has 1 aromatic heterocycles. The summed E-state index contributed by atoms with van der Waals surface area (Å²) >= 11 is 3.43. The molecule has 18 heavy (non-hydrogen) atoms. The maximum atomic E-state index is 10.3. The van der Waals surface area contributed by atoms with Crippen LogP contribution in [-0.2, 0) is 6.42 Å². The summed E-state index contributed by atoms with van der Waals surface area (Å²) < 4.78 is 1.03. The molecule has 0 amide bonds. The van der Waals surface area contributed by atoms with Gasteiger partial charge in [-0.25, -0.2) is 0 Å². The molecule has 0 aliphatic rings. The van der Waals surface area contributed by atoms with Crippen LogP contribution in [0.1, 0.15) is 28.5 Å². The fourth-order valence-electron chi connectivity index (χ4n) is 2.04. The standard InChI is InChI=1S/C15H16BrNO/c1-10-4-3-7-17-14(10)9-15(18)13-6-5-12(16)8-11(13)2/h3-8,15,18H,9H2,1-2H3. The van der Waals surface area contributed by atoms with Crippen LogP contribution in [0.25, 0.3) is 0 Å². The zero-order valence-electron chi connectivity index (χ0n) is 10.5. The Morgan fingerprint density at radius 1 is 1.22 bits per heavy atom. The van der Waals surface area contributed by atoms with E-state index in [1.54, 1.807) is 6.20 Å². The number of hydrogen-bond acceptors (Lipinski definition) is 2. The summed E-state index contributed by atoms with van der Waals surface area (Å²) in [5.74, 6) is 0. The van der Waals surface area contributed by atoms with Crippen molar-refractivity contribution < 1.29 is 5.11 Å². The molecule has 0 saturated heterocycles. The molecule has 3 heteroatoms. The molecular weight excluding hydrogens is 290 g/mol. The van der Waals surface area contributed by atoms with Gasteiger partial charge in [-0.2, -0.15) is 0 Å². The van der Waals surface area contributed by atoms with Gasteiger partial charge in [0.15, 0.2) is 0 Å². The third kappa shape index (κ3) is 2.98. The quantitative estimate of drug-likeness (QED) is 0.937.